The maximum atomic E-state index is 10.1. The van der Waals surface area contributed by atoms with Crippen LogP contribution in [0.2, 0.25) is 0 Å². The van der Waals surface area contributed by atoms with Gasteiger partial charge in [-0.3, -0.25) is 0 Å². The highest BCUT2D eigenvalue weighted by molar-refractivity contribution is 5.14. The number of hydrogen-bond acceptors (Lipinski definition) is 4. The lowest BCUT2D eigenvalue weighted by Crippen LogP contribution is -2.45. The molecule has 13 heavy (non-hydrogen) atoms. The SMILES string of the molecule is O[C@@H]1C[C@@H]2C=CO[C@@H]3OC[C@@]1(O)[C@@H]32. The number of aliphatic hydroxyl groups excluding tert-OH is 1. The van der Waals surface area contributed by atoms with Gasteiger partial charge < -0.3 is 19.7 Å². The Kier molecular flexibility index (Phi) is 1.35. The van der Waals surface area contributed by atoms with Crippen LogP contribution in [0.5, 0.6) is 0 Å². The molecule has 1 aliphatic carbocycles. The van der Waals surface area contributed by atoms with Crippen LogP contribution in [0.3, 0.4) is 0 Å². The van der Waals surface area contributed by atoms with Crippen LogP contribution in [0.4, 0.5) is 0 Å². The maximum absolute atomic E-state index is 10.1. The zero-order chi connectivity index (χ0) is 9.05. The lowest BCUT2D eigenvalue weighted by molar-refractivity contribution is -0.106. The van der Waals surface area contributed by atoms with Crippen molar-refractivity contribution in [2.75, 3.05) is 6.61 Å². The van der Waals surface area contributed by atoms with Crippen molar-refractivity contribution in [2.45, 2.75) is 24.4 Å². The molecule has 2 N–H and O–H groups in total. The van der Waals surface area contributed by atoms with Crippen LogP contribution in [-0.4, -0.2) is 34.8 Å². The third kappa shape index (κ3) is 0.808. The van der Waals surface area contributed by atoms with Gasteiger partial charge in [-0.2, -0.15) is 0 Å². The van der Waals surface area contributed by atoms with Crippen LogP contribution in [0.15, 0.2) is 12.3 Å². The number of hydrogen-bond donors (Lipinski definition) is 2. The fraction of sp³-hybridized carbons (Fsp3) is 0.778. The topological polar surface area (TPSA) is 58.9 Å². The molecule has 0 bridgehead atoms. The molecule has 0 aromatic carbocycles. The van der Waals surface area contributed by atoms with Crippen molar-refractivity contribution in [3.63, 3.8) is 0 Å². The molecule has 1 saturated carbocycles. The van der Waals surface area contributed by atoms with Crippen molar-refractivity contribution in [1.29, 1.82) is 0 Å². The third-order valence-electron chi connectivity index (χ3n) is 3.42. The normalized spacial score (nSPS) is 57.7. The van der Waals surface area contributed by atoms with E-state index in [0.717, 1.165) is 0 Å². The van der Waals surface area contributed by atoms with E-state index in [1.54, 1.807) is 6.26 Å². The van der Waals surface area contributed by atoms with Crippen molar-refractivity contribution < 1.29 is 19.7 Å². The standard InChI is InChI=1S/C9H12O4/c10-6-3-5-1-2-12-8-7(5)9(6,11)4-13-8/h1-2,5-8,10-11H,3-4H2/t5-,6+,7+,8+,9-/m0/s1. The molecule has 2 fully saturated rings. The van der Waals surface area contributed by atoms with E-state index in [2.05, 4.69) is 0 Å². The average Bonchev–Trinajstić information content (AvgIpc) is 2.57. The fourth-order valence-electron chi connectivity index (χ4n) is 2.70. The Hall–Kier alpha value is -0.580. The van der Waals surface area contributed by atoms with E-state index in [0.29, 0.717) is 6.42 Å². The Labute approximate surface area is 75.8 Å². The van der Waals surface area contributed by atoms with Crippen molar-refractivity contribution >= 4 is 0 Å². The van der Waals surface area contributed by atoms with Gasteiger partial charge >= 0.3 is 0 Å². The van der Waals surface area contributed by atoms with E-state index in [4.69, 9.17) is 9.47 Å². The molecule has 72 valence electrons. The Bertz CT molecular complexity index is 264. The van der Waals surface area contributed by atoms with Gasteiger partial charge in [0.1, 0.15) is 5.60 Å². The molecule has 5 atom stereocenters. The quantitative estimate of drug-likeness (QED) is 0.538. The van der Waals surface area contributed by atoms with E-state index in [-0.39, 0.29) is 24.7 Å². The highest BCUT2D eigenvalue weighted by atomic mass is 16.7. The second-order valence-corrected chi connectivity index (χ2v) is 4.08. The molecular weight excluding hydrogens is 172 g/mol. The van der Waals surface area contributed by atoms with Crippen molar-refractivity contribution in [2.24, 2.45) is 11.8 Å². The van der Waals surface area contributed by atoms with Gasteiger partial charge in [-0.25, -0.2) is 0 Å². The van der Waals surface area contributed by atoms with Gasteiger partial charge in [-0.15, -0.1) is 0 Å². The summed E-state index contributed by atoms with van der Waals surface area (Å²) in [7, 11) is 0. The van der Waals surface area contributed by atoms with Crippen molar-refractivity contribution in [1.82, 2.24) is 0 Å². The first-order valence-electron chi connectivity index (χ1n) is 4.56. The van der Waals surface area contributed by atoms with Gasteiger partial charge in [0.2, 0.25) is 6.29 Å². The molecular formula is C9H12O4. The number of ether oxygens (including phenoxy) is 2. The summed E-state index contributed by atoms with van der Waals surface area (Å²) in [5.41, 5.74) is -1.08. The molecule has 0 radical (unpaired) electrons. The van der Waals surface area contributed by atoms with Crippen LogP contribution in [0.25, 0.3) is 0 Å². The van der Waals surface area contributed by atoms with E-state index in [9.17, 15) is 10.2 Å². The van der Waals surface area contributed by atoms with Crippen LogP contribution in [0, 0.1) is 11.8 Å². The first-order chi connectivity index (χ1) is 6.22. The molecule has 3 aliphatic rings. The Morgan fingerprint density at radius 2 is 2.31 bits per heavy atom. The Morgan fingerprint density at radius 3 is 3.15 bits per heavy atom. The monoisotopic (exact) mass is 184 g/mol. The van der Waals surface area contributed by atoms with Gasteiger partial charge in [0.05, 0.1) is 24.9 Å². The van der Waals surface area contributed by atoms with Crippen LogP contribution < -0.4 is 0 Å². The molecule has 2 heterocycles. The molecule has 0 aromatic heterocycles. The maximum Gasteiger partial charge on any atom is 0.205 e. The van der Waals surface area contributed by atoms with E-state index >= 15 is 0 Å². The number of rotatable bonds is 0. The molecule has 4 nitrogen and oxygen atoms in total. The van der Waals surface area contributed by atoms with Gasteiger partial charge in [-0.1, -0.05) is 0 Å². The summed E-state index contributed by atoms with van der Waals surface area (Å²) in [6, 6.07) is 0. The summed E-state index contributed by atoms with van der Waals surface area (Å²) < 4.78 is 10.5. The van der Waals surface area contributed by atoms with Crippen LogP contribution in [0.1, 0.15) is 6.42 Å². The predicted molar refractivity (Wildman–Crippen MR) is 42.5 cm³/mol. The highest BCUT2D eigenvalue weighted by Gasteiger charge is 2.62. The van der Waals surface area contributed by atoms with Crippen LogP contribution in [-0.2, 0) is 9.47 Å². The molecule has 2 aliphatic heterocycles. The Balaban J connectivity index is 2.03. The van der Waals surface area contributed by atoms with E-state index in [1.807, 2.05) is 6.08 Å². The molecule has 0 aromatic rings. The van der Waals surface area contributed by atoms with Gasteiger partial charge in [-0.05, 0) is 18.4 Å². The van der Waals surface area contributed by atoms with E-state index < -0.39 is 11.7 Å². The zero-order valence-corrected chi connectivity index (χ0v) is 7.09. The Morgan fingerprint density at radius 1 is 1.46 bits per heavy atom. The van der Waals surface area contributed by atoms with Gasteiger partial charge in [0, 0.05) is 0 Å². The summed E-state index contributed by atoms with van der Waals surface area (Å²) >= 11 is 0. The van der Waals surface area contributed by atoms with Crippen molar-refractivity contribution in [3.05, 3.63) is 12.3 Å². The largest absolute Gasteiger partial charge is 0.472 e. The minimum Gasteiger partial charge on any atom is -0.472 e. The summed E-state index contributed by atoms with van der Waals surface area (Å²) in [5.74, 6) is 0.105. The first-order valence-corrected chi connectivity index (χ1v) is 4.56. The summed E-state index contributed by atoms with van der Waals surface area (Å²) in [6.07, 6.45) is 3.07. The minimum absolute atomic E-state index is 0.0903. The molecule has 0 unspecified atom stereocenters. The zero-order valence-electron chi connectivity index (χ0n) is 7.09. The fourth-order valence-corrected chi connectivity index (χ4v) is 2.70. The second-order valence-electron chi connectivity index (χ2n) is 4.08. The number of allylic oxidation sites excluding steroid dienone is 1. The van der Waals surface area contributed by atoms with Gasteiger partial charge in [0.15, 0.2) is 0 Å². The lowest BCUT2D eigenvalue weighted by Gasteiger charge is -2.28. The van der Waals surface area contributed by atoms with Gasteiger partial charge in [0.25, 0.3) is 0 Å². The first kappa shape index (κ1) is 7.79. The molecule has 1 saturated heterocycles. The average molecular weight is 184 g/mol. The molecule has 0 spiro atoms. The number of aliphatic hydroxyl groups is 2. The lowest BCUT2D eigenvalue weighted by atomic mass is 9.86. The smallest absolute Gasteiger partial charge is 0.205 e. The summed E-state index contributed by atoms with van der Waals surface area (Å²) in [6.45, 7) is 0.182. The predicted octanol–water partition coefficient (Wildman–Crippen LogP) is -0.385. The summed E-state index contributed by atoms with van der Waals surface area (Å²) in [5, 5.41) is 19.8. The van der Waals surface area contributed by atoms with E-state index in [1.165, 1.54) is 0 Å². The third-order valence-corrected chi connectivity index (χ3v) is 3.42. The molecule has 4 heteroatoms. The molecule has 3 rings (SSSR count). The minimum atomic E-state index is -1.08. The van der Waals surface area contributed by atoms with Crippen molar-refractivity contribution in [3.8, 4) is 0 Å². The second kappa shape index (κ2) is 2.26. The molecule has 0 amide bonds. The van der Waals surface area contributed by atoms with Crippen LogP contribution >= 0.6 is 0 Å². The highest BCUT2D eigenvalue weighted by Crippen LogP contribution is 2.50. The summed E-state index contributed by atoms with van der Waals surface area (Å²) in [4.78, 5) is 0.